The highest BCUT2D eigenvalue weighted by atomic mass is 127. The zero-order valence-corrected chi connectivity index (χ0v) is 13.0. The van der Waals surface area contributed by atoms with Crippen molar-refractivity contribution < 1.29 is 4.79 Å². The molecule has 0 aliphatic rings. The number of rotatable bonds is 5. The molecule has 0 radical (unpaired) electrons. The Bertz CT molecular complexity index is 368. The molecule has 0 spiro atoms. The fourth-order valence-corrected chi connectivity index (χ4v) is 2.41. The van der Waals surface area contributed by atoms with Gasteiger partial charge in [0.2, 0.25) is 0 Å². The number of carbonyl (C=O) groups is 1. The molecule has 0 atom stereocenters. The fourth-order valence-electron chi connectivity index (χ4n) is 1.40. The van der Waals surface area contributed by atoms with Crippen molar-refractivity contribution in [2.24, 2.45) is 0 Å². The SMILES string of the molecule is Cc1cc(Br)ccc1C(=O)NCCCCI. The van der Waals surface area contributed by atoms with Crippen LogP contribution in [0.3, 0.4) is 0 Å². The van der Waals surface area contributed by atoms with Crippen LogP contribution in [0.4, 0.5) is 0 Å². The van der Waals surface area contributed by atoms with Gasteiger partial charge in [0.1, 0.15) is 0 Å². The summed E-state index contributed by atoms with van der Waals surface area (Å²) in [7, 11) is 0. The number of benzene rings is 1. The highest BCUT2D eigenvalue weighted by molar-refractivity contribution is 14.1. The molecule has 1 aromatic rings. The summed E-state index contributed by atoms with van der Waals surface area (Å²) in [6, 6.07) is 5.71. The van der Waals surface area contributed by atoms with Crippen LogP contribution in [0.5, 0.6) is 0 Å². The monoisotopic (exact) mass is 395 g/mol. The largest absolute Gasteiger partial charge is 0.352 e. The lowest BCUT2D eigenvalue weighted by atomic mass is 10.1. The molecule has 0 aliphatic carbocycles. The Morgan fingerprint density at radius 1 is 1.44 bits per heavy atom. The van der Waals surface area contributed by atoms with E-state index in [0.717, 1.165) is 39.4 Å². The quantitative estimate of drug-likeness (QED) is 0.459. The first-order valence-corrected chi connectivity index (χ1v) is 7.57. The van der Waals surface area contributed by atoms with Crippen molar-refractivity contribution in [1.82, 2.24) is 5.32 Å². The van der Waals surface area contributed by atoms with Gasteiger partial charge in [-0.15, -0.1) is 0 Å². The van der Waals surface area contributed by atoms with Gasteiger partial charge in [-0.25, -0.2) is 0 Å². The van der Waals surface area contributed by atoms with Crippen molar-refractivity contribution >= 4 is 44.4 Å². The Kier molecular flexibility index (Phi) is 6.34. The normalized spacial score (nSPS) is 10.2. The summed E-state index contributed by atoms with van der Waals surface area (Å²) in [5.74, 6) is 0.0264. The maximum Gasteiger partial charge on any atom is 0.251 e. The van der Waals surface area contributed by atoms with Crippen molar-refractivity contribution in [3.05, 3.63) is 33.8 Å². The third-order valence-corrected chi connectivity index (χ3v) is 3.54. The van der Waals surface area contributed by atoms with Crippen LogP contribution in [0.15, 0.2) is 22.7 Å². The second kappa shape index (κ2) is 7.27. The van der Waals surface area contributed by atoms with Gasteiger partial charge in [0.15, 0.2) is 0 Å². The van der Waals surface area contributed by atoms with Gasteiger partial charge in [0.05, 0.1) is 0 Å². The predicted octanol–water partition coefficient (Wildman–Crippen LogP) is 3.70. The van der Waals surface area contributed by atoms with Crippen LogP contribution in [0.25, 0.3) is 0 Å². The van der Waals surface area contributed by atoms with Crippen molar-refractivity contribution in [3.8, 4) is 0 Å². The van der Waals surface area contributed by atoms with Crippen LogP contribution in [0, 0.1) is 6.92 Å². The van der Waals surface area contributed by atoms with Crippen molar-refractivity contribution in [1.29, 1.82) is 0 Å². The minimum Gasteiger partial charge on any atom is -0.352 e. The van der Waals surface area contributed by atoms with Crippen LogP contribution in [-0.4, -0.2) is 16.9 Å². The summed E-state index contributed by atoms with van der Waals surface area (Å²) < 4.78 is 2.15. The molecule has 0 aromatic heterocycles. The number of unbranched alkanes of at least 4 members (excludes halogenated alkanes) is 1. The lowest BCUT2D eigenvalue weighted by Gasteiger charge is -2.07. The average Bonchev–Trinajstić information content (AvgIpc) is 2.24. The van der Waals surface area contributed by atoms with E-state index in [4.69, 9.17) is 0 Å². The van der Waals surface area contributed by atoms with Crippen molar-refractivity contribution in [2.45, 2.75) is 19.8 Å². The first-order chi connectivity index (χ1) is 7.65. The highest BCUT2D eigenvalue weighted by Crippen LogP contribution is 2.15. The van der Waals surface area contributed by atoms with Crippen LogP contribution in [-0.2, 0) is 0 Å². The molecule has 2 nitrogen and oxygen atoms in total. The number of hydrogen-bond donors (Lipinski definition) is 1. The molecule has 1 aromatic carbocycles. The Hall–Kier alpha value is -0.100. The zero-order chi connectivity index (χ0) is 12.0. The minimum absolute atomic E-state index is 0.0264. The zero-order valence-electron chi connectivity index (χ0n) is 9.22. The Morgan fingerprint density at radius 2 is 2.19 bits per heavy atom. The van der Waals surface area contributed by atoms with Gasteiger partial charge in [-0.05, 0) is 48.0 Å². The van der Waals surface area contributed by atoms with Crippen LogP contribution < -0.4 is 5.32 Å². The molecule has 0 aliphatic heterocycles. The maximum atomic E-state index is 11.8. The second-order valence-electron chi connectivity index (χ2n) is 3.61. The van der Waals surface area contributed by atoms with E-state index in [-0.39, 0.29) is 5.91 Å². The molecule has 1 N–H and O–H groups in total. The van der Waals surface area contributed by atoms with Crippen LogP contribution in [0.2, 0.25) is 0 Å². The lowest BCUT2D eigenvalue weighted by molar-refractivity contribution is 0.0952. The van der Waals surface area contributed by atoms with Gasteiger partial charge < -0.3 is 5.32 Å². The number of aryl methyl sites for hydroxylation is 1. The van der Waals surface area contributed by atoms with Crippen LogP contribution >= 0.6 is 38.5 Å². The molecule has 4 heteroatoms. The standard InChI is InChI=1S/C12H15BrINO/c1-9-8-10(13)4-5-11(9)12(16)15-7-3-2-6-14/h4-5,8H,2-3,6-7H2,1H3,(H,15,16). The summed E-state index contributed by atoms with van der Waals surface area (Å²) in [6.45, 7) is 2.71. The first kappa shape index (κ1) is 14.0. The molecule has 0 fully saturated rings. The topological polar surface area (TPSA) is 29.1 Å². The van der Waals surface area contributed by atoms with Gasteiger partial charge in [-0.2, -0.15) is 0 Å². The van der Waals surface area contributed by atoms with Gasteiger partial charge in [-0.1, -0.05) is 38.5 Å². The van der Waals surface area contributed by atoms with E-state index in [1.807, 2.05) is 25.1 Å². The number of alkyl halides is 1. The Morgan fingerprint density at radius 3 is 2.81 bits per heavy atom. The van der Waals surface area contributed by atoms with Crippen LogP contribution in [0.1, 0.15) is 28.8 Å². The molecule has 16 heavy (non-hydrogen) atoms. The summed E-state index contributed by atoms with van der Waals surface area (Å²) in [4.78, 5) is 11.8. The summed E-state index contributed by atoms with van der Waals surface area (Å²) >= 11 is 5.73. The molecule has 0 saturated carbocycles. The van der Waals surface area contributed by atoms with Gasteiger partial charge in [-0.3, -0.25) is 4.79 Å². The summed E-state index contributed by atoms with van der Waals surface area (Å²) in [5, 5.41) is 2.94. The fraction of sp³-hybridized carbons (Fsp3) is 0.417. The minimum atomic E-state index is 0.0264. The Labute approximate surface area is 118 Å². The number of nitrogens with one attached hydrogen (secondary N) is 1. The average molecular weight is 396 g/mol. The van der Waals surface area contributed by atoms with E-state index >= 15 is 0 Å². The van der Waals surface area contributed by atoms with Gasteiger partial charge in [0, 0.05) is 16.6 Å². The molecule has 0 heterocycles. The molecule has 88 valence electrons. The summed E-state index contributed by atoms with van der Waals surface area (Å²) in [6.07, 6.45) is 2.20. The molecule has 0 saturated heterocycles. The van der Waals surface area contributed by atoms with Crippen molar-refractivity contribution in [3.63, 3.8) is 0 Å². The van der Waals surface area contributed by atoms with E-state index < -0.39 is 0 Å². The third-order valence-electron chi connectivity index (χ3n) is 2.28. The molecule has 1 amide bonds. The third kappa shape index (κ3) is 4.41. The van der Waals surface area contributed by atoms with E-state index in [9.17, 15) is 4.79 Å². The van der Waals surface area contributed by atoms with Crippen molar-refractivity contribution in [2.75, 3.05) is 11.0 Å². The highest BCUT2D eigenvalue weighted by Gasteiger charge is 2.07. The smallest absolute Gasteiger partial charge is 0.251 e. The number of hydrogen-bond acceptors (Lipinski definition) is 1. The number of carbonyl (C=O) groups excluding carboxylic acids is 1. The molecule has 1 rings (SSSR count). The molecule has 0 bridgehead atoms. The number of halogens is 2. The van der Waals surface area contributed by atoms with Gasteiger partial charge in [0.25, 0.3) is 5.91 Å². The Balaban J connectivity index is 2.53. The molecular weight excluding hydrogens is 381 g/mol. The first-order valence-electron chi connectivity index (χ1n) is 5.25. The van der Waals surface area contributed by atoms with Gasteiger partial charge >= 0.3 is 0 Å². The van der Waals surface area contributed by atoms with E-state index in [2.05, 4.69) is 43.8 Å². The molecular formula is C12H15BrINO. The molecule has 0 unspecified atom stereocenters. The van der Waals surface area contributed by atoms with E-state index in [1.165, 1.54) is 0 Å². The summed E-state index contributed by atoms with van der Waals surface area (Å²) in [5.41, 5.74) is 1.76. The lowest BCUT2D eigenvalue weighted by Crippen LogP contribution is -2.25. The van der Waals surface area contributed by atoms with E-state index in [1.54, 1.807) is 0 Å². The second-order valence-corrected chi connectivity index (χ2v) is 5.61. The van der Waals surface area contributed by atoms with E-state index in [0.29, 0.717) is 0 Å². The maximum absolute atomic E-state index is 11.8. The predicted molar refractivity (Wildman–Crippen MR) is 79.3 cm³/mol. The number of amides is 1.